The van der Waals surface area contributed by atoms with Gasteiger partial charge in [0.1, 0.15) is 18.1 Å². The Hall–Kier alpha value is -0.840. The highest BCUT2D eigenvalue weighted by atomic mass is 16.5. The maximum absolute atomic E-state index is 5.53. The Morgan fingerprint density at radius 1 is 1.36 bits per heavy atom. The molecule has 0 aliphatic rings. The van der Waals surface area contributed by atoms with Crippen molar-refractivity contribution in [2.24, 2.45) is 5.73 Å². The molecule has 0 bridgehead atoms. The van der Waals surface area contributed by atoms with Crippen LogP contribution < -0.4 is 5.73 Å². The van der Waals surface area contributed by atoms with Gasteiger partial charge in [-0.3, -0.25) is 0 Å². The monoisotopic (exact) mass is 198 g/mol. The zero-order valence-corrected chi connectivity index (χ0v) is 8.82. The molecule has 1 rings (SSSR count). The molecule has 0 saturated heterocycles. The van der Waals surface area contributed by atoms with Crippen LogP contribution in [-0.2, 0) is 17.9 Å². The molecule has 14 heavy (non-hydrogen) atoms. The standard InChI is InChI=1S/C10H18N2O2/c1-12(2)7-9-3-4-10(14-9)8-13-6-5-11/h3-4H,5-8,11H2,1-2H3. The lowest BCUT2D eigenvalue weighted by atomic mass is 10.4. The van der Waals surface area contributed by atoms with Crippen LogP contribution in [0.2, 0.25) is 0 Å². The van der Waals surface area contributed by atoms with Crippen LogP contribution in [0.3, 0.4) is 0 Å². The Labute approximate surface area is 84.6 Å². The van der Waals surface area contributed by atoms with E-state index in [4.69, 9.17) is 14.9 Å². The summed E-state index contributed by atoms with van der Waals surface area (Å²) < 4.78 is 10.8. The average molecular weight is 198 g/mol. The highest BCUT2D eigenvalue weighted by molar-refractivity contribution is 5.06. The summed E-state index contributed by atoms with van der Waals surface area (Å²) in [5.41, 5.74) is 5.30. The lowest BCUT2D eigenvalue weighted by Crippen LogP contribution is -2.09. The van der Waals surface area contributed by atoms with Gasteiger partial charge in [0.05, 0.1) is 13.2 Å². The smallest absolute Gasteiger partial charge is 0.129 e. The molecule has 2 N–H and O–H groups in total. The molecular formula is C10H18N2O2. The lowest BCUT2D eigenvalue weighted by molar-refractivity contribution is 0.111. The number of nitrogens with zero attached hydrogens (tertiary/aromatic N) is 1. The second-order valence-electron chi connectivity index (χ2n) is 3.45. The SMILES string of the molecule is CN(C)Cc1ccc(COCCN)o1. The van der Waals surface area contributed by atoms with Crippen LogP contribution in [0.25, 0.3) is 0 Å². The lowest BCUT2D eigenvalue weighted by Gasteiger charge is -2.05. The number of hydrogen-bond donors (Lipinski definition) is 1. The molecule has 0 radical (unpaired) electrons. The van der Waals surface area contributed by atoms with Gasteiger partial charge in [0, 0.05) is 6.54 Å². The molecule has 1 aromatic rings. The van der Waals surface area contributed by atoms with Crippen LogP contribution in [0.4, 0.5) is 0 Å². The first kappa shape index (κ1) is 11.2. The predicted molar refractivity (Wildman–Crippen MR) is 54.8 cm³/mol. The Bertz CT molecular complexity index is 258. The minimum atomic E-state index is 0.505. The van der Waals surface area contributed by atoms with E-state index in [2.05, 4.69) is 4.90 Å². The first-order chi connectivity index (χ1) is 6.72. The van der Waals surface area contributed by atoms with Gasteiger partial charge < -0.3 is 19.8 Å². The van der Waals surface area contributed by atoms with Crippen molar-refractivity contribution < 1.29 is 9.15 Å². The van der Waals surface area contributed by atoms with Crippen LogP contribution in [0.1, 0.15) is 11.5 Å². The highest BCUT2D eigenvalue weighted by Gasteiger charge is 2.02. The molecule has 0 aliphatic carbocycles. The van der Waals surface area contributed by atoms with Crippen molar-refractivity contribution in [3.8, 4) is 0 Å². The molecule has 80 valence electrons. The normalized spacial score (nSPS) is 11.1. The third-order valence-corrected chi connectivity index (χ3v) is 1.70. The summed E-state index contributed by atoms with van der Waals surface area (Å²) in [5.74, 6) is 1.82. The van der Waals surface area contributed by atoms with Gasteiger partial charge in [0.25, 0.3) is 0 Å². The van der Waals surface area contributed by atoms with E-state index in [-0.39, 0.29) is 0 Å². The van der Waals surface area contributed by atoms with E-state index in [1.54, 1.807) is 0 Å². The van der Waals surface area contributed by atoms with E-state index < -0.39 is 0 Å². The van der Waals surface area contributed by atoms with E-state index in [9.17, 15) is 0 Å². The maximum atomic E-state index is 5.53. The van der Waals surface area contributed by atoms with Crippen molar-refractivity contribution >= 4 is 0 Å². The van der Waals surface area contributed by atoms with Crippen LogP contribution in [0.15, 0.2) is 16.5 Å². The van der Waals surface area contributed by atoms with Crippen molar-refractivity contribution in [1.82, 2.24) is 4.90 Å². The molecule has 0 aliphatic heterocycles. The van der Waals surface area contributed by atoms with E-state index in [1.807, 2.05) is 26.2 Å². The summed E-state index contributed by atoms with van der Waals surface area (Å²) in [6, 6.07) is 3.91. The molecule has 0 atom stereocenters. The van der Waals surface area contributed by atoms with Gasteiger partial charge in [0.2, 0.25) is 0 Å². The van der Waals surface area contributed by atoms with E-state index in [0.717, 1.165) is 18.1 Å². The molecule has 0 aromatic carbocycles. The number of hydrogen-bond acceptors (Lipinski definition) is 4. The van der Waals surface area contributed by atoms with Crippen molar-refractivity contribution in [3.63, 3.8) is 0 Å². The first-order valence-corrected chi connectivity index (χ1v) is 4.72. The predicted octanol–water partition coefficient (Wildman–Crippen LogP) is 0.817. The van der Waals surface area contributed by atoms with Crippen LogP contribution in [0.5, 0.6) is 0 Å². The first-order valence-electron chi connectivity index (χ1n) is 4.72. The number of furan rings is 1. The van der Waals surface area contributed by atoms with Gasteiger partial charge in [-0.2, -0.15) is 0 Å². The van der Waals surface area contributed by atoms with Crippen molar-refractivity contribution in [1.29, 1.82) is 0 Å². The van der Waals surface area contributed by atoms with Gasteiger partial charge in [-0.25, -0.2) is 0 Å². The van der Waals surface area contributed by atoms with Crippen molar-refractivity contribution in [2.75, 3.05) is 27.2 Å². The van der Waals surface area contributed by atoms with Gasteiger partial charge in [0.15, 0.2) is 0 Å². The number of ether oxygens (including phenoxy) is 1. The minimum absolute atomic E-state index is 0.505. The van der Waals surface area contributed by atoms with Gasteiger partial charge in [-0.05, 0) is 26.2 Å². The molecule has 0 fully saturated rings. The molecule has 0 unspecified atom stereocenters. The molecule has 1 heterocycles. The molecule has 1 aromatic heterocycles. The Morgan fingerprint density at radius 2 is 2.07 bits per heavy atom. The topological polar surface area (TPSA) is 51.6 Å². The third kappa shape index (κ3) is 3.91. The number of nitrogens with two attached hydrogens (primary N) is 1. The van der Waals surface area contributed by atoms with E-state index in [0.29, 0.717) is 19.8 Å². The van der Waals surface area contributed by atoms with E-state index in [1.165, 1.54) is 0 Å². The highest BCUT2D eigenvalue weighted by Crippen LogP contribution is 2.10. The van der Waals surface area contributed by atoms with Crippen LogP contribution >= 0.6 is 0 Å². The minimum Gasteiger partial charge on any atom is -0.462 e. The summed E-state index contributed by atoms with van der Waals surface area (Å²) in [6.45, 7) is 2.44. The summed E-state index contributed by atoms with van der Waals surface area (Å²) in [7, 11) is 4.01. The molecule has 4 nitrogen and oxygen atoms in total. The van der Waals surface area contributed by atoms with Crippen molar-refractivity contribution in [2.45, 2.75) is 13.2 Å². The fraction of sp³-hybridized carbons (Fsp3) is 0.600. The Balaban J connectivity index is 2.35. The van der Waals surface area contributed by atoms with Crippen molar-refractivity contribution in [3.05, 3.63) is 23.7 Å². The summed E-state index contributed by atoms with van der Waals surface area (Å²) in [5, 5.41) is 0. The summed E-state index contributed by atoms with van der Waals surface area (Å²) in [6.07, 6.45) is 0. The second-order valence-corrected chi connectivity index (χ2v) is 3.45. The van der Waals surface area contributed by atoms with E-state index >= 15 is 0 Å². The fourth-order valence-corrected chi connectivity index (χ4v) is 1.15. The molecule has 0 amide bonds. The zero-order chi connectivity index (χ0) is 10.4. The third-order valence-electron chi connectivity index (χ3n) is 1.70. The summed E-state index contributed by atoms with van der Waals surface area (Å²) in [4.78, 5) is 2.06. The maximum Gasteiger partial charge on any atom is 0.129 e. The molecule has 4 heteroatoms. The van der Waals surface area contributed by atoms with Gasteiger partial charge in [-0.15, -0.1) is 0 Å². The molecule has 0 saturated carbocycles. The Kier molecular flexibility index (Phi) is 4.65. The van der Waals surface area contributed by atoms with Crippen LogP contribution in [-0.4, -0.2) is 32.1 Å². The number of rotatable bonds is 6. The van der Waals surface area contributed by atoms with Gasteiger partial charge in [-0.1, -0.05) is 0 Å². The quantitative estimate of drug-likeness (QED) is 0.687. The summed E-state index contributed by atoms with van der Waals surface area (Å²) >= 11 is 0. The second kappa shape index (κ2) is 5.80. The zero-order valence-electron chi connectivity index (χ0n) is 8.82. The average Bonchev–Trinajstić information content (AvgIpc) is 2.52. The fourth-order valence-electron chi connectivity index (χ4n) is 1.15. The largest absolute Gasteiger partial charge is 0.462 e. The Morgan fingerprint density at radius 3 is 2.71 bits per heavy atom. The molecular weight excluding hydrogens is 180 g/mol. The van der Waals surface area contributed by atoms with Gasteiger partial charge >= 0.3 is 0 Å². The van der Waals surface area contributed by atoms with Crippen LogP contribution in [0, 0.1) is 0 Å². The molecule has 0 spiro atoms.